The Morgan fingerprint density at radius 2 is 1.77 bits per heavy atom. The van der Waals surface area contributed by atoms with Crippen molar-refractivity contribution in [3.8, 4) is 28.6 Å². The first-order valence-corrected chi connectivity index (χ1v) is 16.7. The van der Waals surface area contributed by atoms with Gasteiger partial charge in [-0.05, 0) is 48.1 Å². The molecule has 3 heterocycles. The maximum Gasteiger partial charge on any atom is 0.308 e. The van der Waals surface area contributed by atoms with Gasteiger partial charge in [-0.2, -0.15) is 4.39 Å². The number of nitrogens with zero attached hydrogens (tertiary/aromatic N) is 1. The van der Waals surface area contributed by atoms with Crippen LogP contribution < -0.4 is 9.47 Å². The Morgan fingerprint density at radius 3 is 2.42 bits per heavy atom. The van der Waals surface area contributed by atoms with E-state index in [9.17, 15) is 24.3 Å². The number of ether oxygens (including phenoxy) is 2. The number of H-pyrrole nitrogens is 2. The monoisotopic (exact) mass is 725 g/mol. The van der Waals surface area contributed by atoms with Crippen LogP contribution in [-0.4, -0.2) is 112 Å². The van der Waals surface area contributed by atoms with Crippen LogP contribution in [0.4, 0.5) is 13.2 Å². The molecule has 3 aromatic carbocycles. The van der Waals surface area contributed by atoms with Crippen LogP contribution in [0, 0.1) is 23.4 Å². The molecular weight excluding hydrogens is 703 g/mol. The molecule has 5 aromatic rings. The van der Waals surface area contributed by atoms with Gasteiger partial charge in [-0.3, -0.25) is 9.00 Å². The lowest BCUT2D eigenvalue weighted by molar-refractivity contribution is -0.144. The van der Waals surface area contributed by atoms with E-state index in [1.807, 2.05) is 0 Å². The highest BCUT2D eigenvalue weighted by molar-refractivity contribution is 7.89. The van der Waals surface area contributed by atoms with Crippen molar-refractivity contribution in [2.75, 3.05) is 6.61 Å². The van der Waals surface area contributed by atoms with Crippen molar-refractivity contribution in [3.05, 3.63) is 89.1 Å². The Hall–Kier alpha value is -4.21. The molecule has 0 aliphatic carbocycles. The highest BCUT2D eigenvalue weighted by Gasteiger charge is 2.49. The number of imidazole rings is 1. The number of aromatic amines is 2. The first-order valence-electron chi connectivity index (χ1n) is 15.5. The molecule has 3 unspecified atom stereocenters. The van der Waals surface area contributed by atoms with Crippen molar-refractivity contribution in [3.63, 3.8) is 0 Å². The van der Waals surface area contributed by atoms with Gasteiger partial charge in [-0.15, -0.1) is 5.11 Å². The van der Waals surface area contributed by atoms with E-state index in [1.165, 1.54) is 24.5 Å². The number of aromatic nitrogens is 3. The first kappa shape index (κ1) is 38.5. The maximum atomic E-state index is 15.5. The van der Waals surface area contributed by atoms with Crippen molar-refractivity contribution in [2.45, 2.75) is 38.4 Å². The van der Waals surface area contributed by atoms with E-state index in [1.54, 1.807) is 12.1 Å². The molecule has 0 spiro atoms. The molecule has 0 bridgehead atoms. The number of carboxylic acid groups (broad SMARTS) is 1. The van der Waals surface area contributed by atoms with Crippen LogP contribution in [-0.2, 0) is 27.4 Å². The summed E-state index contributed by atoms with van der Waals surface area (Å²) >= 11 is 0. The molecule has 21 heteroatoms. The van der Waals surface area contributed by atoms with Gasteiger partial charge in [0.25, 0.3) is 0 Å². The van der Waals surface area contributed by atoms with Gasteiger partial charge < -0.3 is 34.8 Å². The topological polar surface area (TPSA) is 158 Å². The molecule has 0 amide bonds. The smallest absolute Gasteiger partial charge is 0.308 e. The van der Waals surface area contributed by atoms with E-state index in [0.717, 1.165) is 18.2 Å². The van der Waals surface area contributed by atoms with Crippen molar-refractivity contribution in [1.82, 2.24) is 15.0 Å². The number of hydrogen-bond donors (Lipinski definition) is 5. The minimum Gasteiger partial charge on any atom is -0.493 e. The van der Waals surface area contributed by atoms with E-state index >= 15 is 13.2 Å². The molecule has 2 aromatic heterocycles. The Balaban J connectivity index is 1.44. The molecule has 0 saturated carbocycles. The standard InChI is InChI=1S/C32H21B7F3N3O7S/c33-30(34,48)18(28(46)47)10-13-2-1-3-17-24(13)51-9-7-29(17,31(35,36)37)20-12-44-27(45-20)16-11-14(4-5-19(16)40)52-25-22(42)21(41)23-15(6-8-43-23)26(25)53(50)32(38,39)49/h1-6,8,11-12,18,43,48-49H,7,9-10H2,(H,44,45)(H,46,47). The Bertz CT molecular complexity index is 2270. The van der Waals surface area contributed by atoms with E-state index in [2.05, 4.69) is 15.0 Å². The fourth-order valence-electron chi connectivity index (χ4n) is 6.48. The Kier molecular flexibility index (Phi) is 9.87. The third-order valence-electron chi connectivity index (χ3n) is 9.04. The molecule has 254 valence electrons. The molecule has 3 atom stereocenters. The molecule has 1 aliphatic rings. The number of benzene rings is 3. The number of halogens is 3. The van der Waals surface area contributed by atoms with E-state index in [-0.39, 0.29) is 59.0 Å². The minimum absolute atomic E-state index is 0.0430. The predicted octanol–water partition coefficient (Wildman–Crippen LogP) is 1.69. The van der Waals surface area contributed by atoms with Gasteiger partial charge >= 0.3 is 5.97 Å². The van der Waals surface area contributed by atoms with Crippen molar-refractivity contribution in [1.29, 1.82) is 0 Å². The summed E-state index contributed by atoms with van der Waals surface area (Å²) in [5.41, 5.74) is -1.46. The van der Waals surface area contributed by atoms with Crippen molar-refractivity contribution >= 4 is 82.6 Å². The van der Waals surface area contributed by atoms with E-state index < -0.39 is 77.0 Å². The Morgan fingerprint density at radius 1 is 1.06 bits per heavy atom. The van der Waals surface area contributed by atoms with Gasteiger partial charge in [0.1, 0.15) is 54.5 Å². The van der Waals surface area contributed by atoms with Crippen molar-refractivity contribution in [2.24, 2.45) is 5.92 Å². The summed E-state index contributed by atoms with van der Waals surface area (Å²) in [6, 6.07) is 9.00. The lowest BCUT2D eigenvalue weighted by Crippen LogP contribution is -2.47. The van der Waals surface area contributed by atoms with Crippen LogP contribution >= 0.6 is 0 Å². The quantitative estimate of drug-likeness (QED) is 0.129. The van der Waals surface area contributed by atoms with Crippen LogP contribution in [0.3, 0.4) is 0 Å². The third-order valence-corrected chi connectivity index (χ3v) is 10.4. The van der Waals surface area contributed by atoms with Crippen molar-refractivity contribution < 1.29 is 47.0 Å². The predicted molar refractivity (Wildman–Crippen MR) is 194 cm³/mol. The minimum atomic E-state index is -2.90. The molecule has 1 aliphatic heterocycles. The SMILES string of the molecule is [B]C([B])(O)C(Cc1cccc2c1OCCC2(c1cnc(-c2cc(Oc3c(F)c(F)c4[nH]ccc4c3S(=O)C([B])([B])O)ccc2F)[nH]1)C([B])([B])[B])C(=O)O. The van der Waals surface area contributed by atoms with Gasteiger partial charge in [0.2, 0.25) is 5.82 Å². The fourth-order valence-corrected chi connectivity index (χ4v) is 7.47. The third kappa shape index (κ3) is 6.76. The first-order chi connectivity index (χ1) is 24.7. The number of hydrogen-bond acceptors (Lipinski definition) is 7. The summed E-state index contributed by atoms with van der Waals surface area (Å²) < 4.78 is 67.9. The van der Waals surface area contributed by atoms with Crippen LogP contribution in [0.15, 0.2) is 59.8 Å². The van der Waals surface area contributed by atoms with Crippen LogP contribution in [0.25, 0.3) is 22.3 Å². The summed E-state index contributed by atoms with van der Waals surface area (Å²) in [6.45, 7) is -0.0469. The zero-order valence-electron chi connectivity index (χ0n) is 27.4. The van der Waals surface area contributed by atoms with E-state index in [0.29, 0.717) is 5.56 Å². The molecule has 10 nitrogen and oxygen atoms in total. The number of rotatable bonds is 11. The molecule has 14 radical (unpaired) electrons. The number of aliphatic carboxylic acids is 1. The average molecular weight is 724 g/mol. The molecule has 0 saturated heterocycles. The van der Waals surface area contributed by atoms with Gasteiger partial charge in [0, 0.05) is 34.5 Å². The number of para-hydroxylation sites is 1. The normalized spacial score (nSPS) is 17.5. The number of carbonyl (C=O) groups is 1. The number of carboxylic acids is 1. The highest BCUT2D eigenvalue weighted by Crippen LogP contribution is 2.54. The second-order valence-corrected chi connectivity index (χ2v) is 14.3. The zero-order valence-corrected chi connectivity index (χ0v) is 28.2. The summed E-state index contributed by atoms with van der Waals surface area (Å²) in [5, 5.41) is 25.1. The lowest BCUT2D eigenvalue weighted by Gasteiger charge is -2.49. The Labute approximate surface area is 312 Å². The fraction of sp³-hybridized carbons (Fsp3) is 0.250. The second-order valence-electron chi connectivity index (χ2n) is 12.7. The molecule has 5 N–H and O–H groups in total. The zero-order chi connectivity index (χ0) is 38.8. The number of nitrogens with one attached hydrogen (secondary N) is 2. The van der Waals surface area contributed by atoms with Gasteiger partial charge in [0.05, 0.1) is 67.6 Å². The average Bonchev–Trinajstić information content (AvgIpc) is 3.76. The lowest BCUT2D eigenvalue weighted by atomic mass is 9.30. The summed E-state index contributed by atoms with van der Waals surface area (Å²) in [4.78, 5) is 21.1. The number of fused-ring (bicyclic) bond motifs is 2. The van der Waals surface area contributed by atoms with Gasteiger partial charge in [-0.25, -0.2) is 13.8 Å². The van der Waals surface area contributed by atoms with Crippen LogP contribution in [0.5, 0.6) is 17.2 Å². The summed E-state index contributed by atoms with van der Waals surface area (Å²) in [7, 11) is 38.5. The van der Waals surface area contributed by atoms with Gasteiger partial charge in [-0.1, -0.05) is 18.2 Å². The summed E-state index contributed by atoms with van der Waals surface area (Å²) in [6.07, 6.45) is 2.19. The highest BCUT2D eigenvalue weighted by atomic mass is 32.2. The molecule has 53 heavy (non-hydrogen) atoms. The van der Waals surface area contributed by atoms with E-state index in [4.69, 9.17) is 64.4 Å². The van der Waals surface area contributed by atoms with Crippen LogP contribution in [0.1, 0.15) is 23.2 Å². The maximum absolute atomic E-state index is 15.5. The molecule has 6 rings (SSSR count). The second kappa shape index (κ2) is 13.6. The largest absolute Gasteiger partial charge is 0.493 e. The van der Waals surface area contributed by atoms with Gasteiger partial charge in [0.15, 0.2) is 11.6 Å². The van der Waals surface area contributed by atoms with Crippen LogP contribution in [0.2, 0.25) is 5.11 Å². The number of aliphatic hydroxyl groups is 2. The summed E-state index contributed by atoms with van der Waals surface area (Å²) in [5.74, 6) is -8.24. The molecular formula is C32H21B7F3N3O7S. The molecule has 0 fully saturated rings.